The highest BCUT2D eigenvalue weighted by Gasteiger charge is 2.28. The van der Waals surface area contributed by atoms with Crippen molar-refractivity contribution in [2.75, 3.05) is 10.6 Å². The standard InChI is InChI=1S/C23H24N4O2/c28-22(29)18-11-12-20-19(13-18)21(24-14-16-7-3-1-4-8-16)27-23(26-20)25-15-17-9-5-2-6-10-17/h1-10,18H,11-15H2,(H,28,29)(H2,24,25,26,27)/t18-/m0/s1. The number of aliphatic carboxylic acids is 1. The van der Waals surface area contributed by atoms with Gasteiger partial charge in [0.25, 0.3) is 0 Å². The smallest absolute Gasteiger partial charge is 0.306 e. The Morgan fingerprint density at radius 3 is 2.17 bits per heavy atom. The predicted octanol–water partition coefficient (Wildman–Crippen LogP) is 3.89. The Morgan fingerprint density at radius 1 is 0.931 bits per heavy atom. The molecule has 0 fully saturated rings. The largest absolute Gasteiger partial charge is 0.481 e. The summed E-state index contributed by atoms with van der Waals surface area (Å²) in [4.78, 5) is 20.9. The first-order chi connectivity index (χ1) is 14.2. The number of aromatic nitrogens is 2. The van der Waals surface area contributed by atoms with Gasteiger partial charge in [-0.15, -0.1) is 0 Å². The molecule has 4 rings (SSSR count). The summed E-state index contributed by atoms with van der Waals surface area (Å²) in [6.07, 6.45) is 1.71. The summed E-state index contributed by atoms with van der Waals surface area (Å²) in [7, 11) is 0. The van der Waals surface area contributed by atoms with Gasteiger partial charge >= 0.3 is 5.97 Å². The summed E-state index contributed by atoms with van der Waals surface area (Å²) in [6, 6.07) is 20.2. The van der Waals surface area contributed by atoms with E-state index in [1.165, 1.54) is 0 Å². The zero-order valence-electron chi connectivity index (χ0n) is 16.1. The zero-order valence-corrected chi connectivity index (χ0v) is 16.1. The molecule has 1 aromatic heterocycles. The Kier molecular flexibility index (Phi) is 5.70. The number of carbonyl (C=O) groups is 1. The fourth-order valence-corrected chi connectivity index (χ4v) is 3.61. The quantitative estimate of drug-likeness (QED) is 0.569. The highest BCUT2D eigenvalue weighted by Crippen LogP contribution is 2.30. The Morgan fingerprint density at radius 2 is 1.55 bits per heavy atom. The van der Waals surface area contributed by atoms with Crippen LogP contribution >= 0.6 is 0 Å². The van der Waals surface area contributed by atoms with Crippen LogP contribution in [0.15, 0.2) is 60.7 Å². The van der Waals surface area contributed by atoms with E-state index >= 15 is 0 Å². The molecular weight excluding hydrogens is 364 g/mol. The number of rotatable bonds is 7. The summed E-state index contributed by atoms with van der Waals surface area (Å²) >= 11 is 0. The number of aryl methyl sites for hydroxylation is 1. The molecule has 3 aromatic rings. The molecule has 0 aliphatic heterocycles. The minimum absolute atomic E-state index is 0.383. The van der Waals surface area contributed by atoms with Crippen LogP contribution in [0.5, 0.6) is 0 Å². The third kappa shape index (κ3) is 4.71. The molecule has 1 aliphatic rings. The van der Waals surface area contributed by atoms with Crippen LogP contribution < -0.4 is 10.6 Å². The first-order valence-electron chi connectivity index (χ1n) is 9.87. The van der Waals surface area contributed by atoms with Gasteiger partial charge in [0.05, 0.1) is 11.6 Å². The molecule has 0 bridgehead atoms. The Bertz CT molecular complexity index is 977. The summed E-state index contributed by atoms with van der Waals surface area (Å²) in [6.45, 7) is 1.26. The molecular formula is C23H24N4O2. The summed E-state index contributed by atoms with van der Waals surface area (Å²) in [5.41, 5.74) is 4.15. The second kappa shape index (κ2) is 8.73. The summed E-state index contributed by atoms with van der Waals surface area (Å²) in [5, 5.41) is 16.2. The van der Waals surface area contributed by atoms with Crippen molar-refractivity contribution in [2.24, 2.45) is 5.92 Å². The lowest BCUT2D eigenvalue weighted by atomic mass is 9.87. The number of benzene rings is 2. The van der Waals surface area contributed by atoms with Gasteiger partial charge in [-0.2, -0.15) is 4.98 Å². The molecule has 0 unspecified atom stereocenters. The van der Waals surface area contributed by atoms with E-state index < -0.39 is 5.97 Å². The molecule has 1 heterocycles. The monoisotopic (exact) mass is 388 g/mol. The van der Waals surface area contributed by atoms with Crippen LogP contribution in [0.4, 0.5) is 11.8 Å². The van der Waals surface area contributed by atoms with E-state index in [9.17, 15) is 9.90 Å². The van der Waals surface area contributed by atoms with E-state index in [1.54, 1.807) is 0 Å². The van der Waals surface area contributed by atoms with Crippen molar-refractivity contribution in [3.8, 4) is 0 Å². The molecule has 0 radical (unpaired) electrons. The van der Waals surface area contributed by atoms with E-state index in [-0.39, 0.29) is 5.92 Å². The minimum Gasteiger partial charge on any atom is -0.481 e. The second-order valence-electron chi connectivity index (χ2n) is 7.28. The van der Waals surface area contributed by atoms with Gasteiger partial charge in [0.15, 0.2) is 0 Å². The van der Waals surface area contributed by atoms with Gasteiger partial charge in [-0.1, -0.05) is 60.7 Å². The summed E-state index contributed by atoms with van der Waals surface area (Å²) < 4.78 is 0. The van der Waals surface area contributed by atoms with Gasteiger partial charge in [0, 0.05) is 18.7 Å². The van der Waals surface area contributed by atoms with E-state index in [0.717, 1.165) is 28.2 Å². The SMILES string of the molecule is O=C(O)[C@H]1CCc2nc(NCc3ccccc3)nc(NCc3ccccc3)c2C1. The van der Waals surface area contributed by atoms with Crippen molar-refractivity contribution in [3.63, 3.8) is 0 Å². The van der Waals surface area contributed by atoms with Crippen LogP contribution in [0, 0.1) is 5.92 Å². The molecule has 0 amide bonds. The van der Waals surface area contributed by atoms with Crippen LogP contribution in [-0.2, 0) is 30.7 Å². The molecule has 3 N–H and O–H groups in total. The molecule has 6 heteroatoms. The Hall–Kier alpha value is -3.41. The van der Waals surface area contributed by atoms with Crippen LogP contribution in [0.1, 0.15) is 28.8 Å². The number of nitrogens with one attached hydrogen (secondary N) is 2. The lowest BCUT2D eigenvalue weighted by Crippen LogP contribution is -2.25. The fraction of sp³-hybridized carbons (Fsp3) is 0.261. The molecule has 0 saturated heterocycles. The second-order valence-corrected chi connectivity index (χ2v) is 7.28. The zero-order chi connectivity index (χ0) is 20.1. The maximum Gasteiger partial charge on any atom is 0.306 e. The van der Waals surface area contributed by atoms with E-state index in [1.807, 2.05) is 36.4 Å². The Labute approximate surface area is 170 Å². The molecule has 6 nitrogen and oxygen atoms in total. The van der Waals surface area contributed by atoms with Gasteiger partial charge < -0.3 is 15.7 Å². The van der Waals surface area contributed by atoms with Crippen LogP contribution in [0.25, 0.3) is 0 Å². The molecule has 1 atom stereocenters. The number of hydrogen-bond donors (Lipinski definition) is 3. The lowest BCUT2D eigenvalue weighted by molar-refractivity contribution is -0.142. The number of anilines is 2. The van der Waals surface area contributed by atoms with Gasteiger partial charge in [0.1, 0.15) is 5.82 Å². The molecule has 29 heavy (non-hydrogen) atoms. The third-order valence-corrected chi connectivity index (χ3v) is 5.22. The first kappa shape index (κ1) is 18.9. The van der Waals surface area contributed by atoms with Crippen molar-refractivity contribution in [3.05, 3.63) is 83.0 Å². The Balaban J connectivity index is 1.57. The number of fused-ring (bicyclic) bond motifs is 1. The van der Waals surface area contributed by atoms with E-state index in [4.69, 9.17) is 0 Å². The van der Waals surface area contributed by atoms with Crippen molar-refractivity contribution < 1.29 is 9.90 Å². The number of carboxylic acids is 1. The number of hydrogen-bond acceptors (Lipinski definition) is 5. The van der Waals surface area contributed by atoms with E-state index in [2.05, 4.69) is 44.9 Å². The molecule has 0 spiro atoms. The first-order valence-corrected chi connectivity index (χ1v) is 9.87. The lowest BCUT2D eigenvalue weighted by Gasteiger charge is -2.24. The van der Waals surface area contributed by atoms with Crippen molar-refractivity contribution in [1.82, 2.24) is 9.97 Å². The predicted molar refractivity (Wildman–Crippen MR) is 113 cm³/mol. The van der Waals surface area contributed by atoms with E-state index in [0.29, 0.717) is 38.3 Å². The highest BCUT2D eigenvalue weighted by molar-refractivity contribution is 5.71. The summed E-state index contributed by atoms with van der Waals surface area (Å²) in [5.74, 6) is 0.153. The average molecular weight is 388 g/mol. The third-order valence-electron chi connectivity index (χ3n) is 5.22. The number of carboxylic acid groups (broad SMARTS) is 1. The van der Waals surface area contributed by atoms with Gasteiger partial charge in [0.2, 0.25) is 5.95 Å². The molecule has 2 aromatic carbocycles. The number of nitrogens with zero attached hydrogens (tertiary/aromatic N) is 2. The normalized spacial score (nSPS) is 15.4. The maximum atomic E-state index is 11.5. The topological polar surface area (TPSA) is 87.1 Å². The van der Waals surface area contributed by atoms with Crippen LogP contribution in [0.2, 0.25) is 0 Å². The van der Waals surface area contributed by atoms with Crippen molar-refractivity contribution >= 4 is 17.7 Å². The van der Waals surface area contributed by atoms with Crippen molar-refractivity contribution in [2.45, 2.75) is 32.4 Å². The van der Waals surface area contributed by atoms with Gasteiger partial charge in [-0.25, -0.2) is 4.98 Å². The minimum atomic E-state index is -0.754. The maximum absolute atomic E-state index is 11.5. The fourth-order valence-electron chi connectivity index (χ4n) is 3.61. The molecule has 1 aliphatic carbocycles. The van der Waals surface area contributed by atoms with Crippen LogP contribution in [-0.4, -0.2) is 21.0 Å². The molecule has 0 saturated carbocycles. The highest BCUT2D eigenvalue weighted by atomic mass is 16.4. The van der Waals surface area contributed by atoms with Crippen LogP contribution in [0.3, 0.4) is 0 Å². The average Bonchev–Trinajstić information content (AvgIpc) is 2.77. The van der Waals surface area contributed by atoms with Crippen molar-refractivity contribution in [1.29, 1.82) is 0 Å². The van der Waals surface area contributed by atoms with Gasteiger partial charge in [-0.05, 0) is 30.4 Å². The molecule has 148 valence electrons. The van der Waals surface area contributed by atoms with Gasteiger partial charge in [-0.3, -0.25) is 4.79 Å².